The van der Waals surface area contributed by atoms with E-state index in [9.17, 15) is 20.4 Å². The summed E-state index contributed by atoms with van der Waals surface area (Å²) in [5, 5.41) is 42.8. The molecule has 0 aliphatic carbocycles. The highest BCUT2D eigenvalue weighted by molar-refractivity contribution is 4.99. The Balaban J connectivity index is 5.15. The van der Waals surface area contributed by atoms with Crippen molar-refractivity contribution in [1.82, 2.24) is 0 Å². The molecular formula is C50H98O5. The van der Waals surface area contributed by atoms with Crippen molar-refractivity contribution in [2.45, 2.75) is 270 Å². The summed E-state index contributed by atoms with van der Waals surface area (Å²) in [6, 6.07) is 0. The topological polar surface area (TPSA) is 90.2 Å². The fourth-order valence-electron chi connectivity index (χ4n) is 8.11. The summed E-state index contributed by atoms with van der Waals surface area (Å²) < 4.78 is 6.76. The number of aliphatic hydroxyl groups excluding tert-OH is 4. The molecule has 5 nitrogen and oxygen atoms in total. The molecule has 0 aromatic carbocycles. The van der Waals surface area contributed by atoms with Crippen LogP contribution in [-0.2, 0) is 4.74 Å². The van der Waals surface area contributed by atoms with Crippen molar-refractivity contribution in [3.63, 3.8) is 0 Å². The minimum absolute atomic E-state index is 0.0688. The van der Waals surface area contributed by atoms with E-state index in [2.05, 4.69) is 52.0 Å². The van der Waals surface area contributed by atoms with E-state index in [4.69, 9.17) is 4.74 Å². The first-order valence-corrected chi connectivity index (χ1v) is 24.6. The lowest BCUT2D eigenvalue weighted by molar-refractivity contribution is -0.158. The first-order valence-electron chi connectivity index (χ1n) is 24.6. The van der Waals surface area contributed by atoms with E-state index in [1.54, 1.807) is 0 Å². The van der Waals surface area contributed by atoms with Gasteiger partial charge < -0.3 is 25.2 Å². The van der Waals surface area contributed by atoms with Crippen molar-refractivity contribution >= 4 is 0 Å². The highest BCUT2D eigenvalue weighted by atomic mass is 16.5. The maximum absolute atomic E-state index is 11.2. The molecule has 6 atom stereocenters. The zero-order valence-electron chi connectivity index (χ0n) is 37.4. The monoisotopic (exact) mass is 779 g/mol. The van der Waals surface area contributed by atoms with Gasteiger partial charge in [0.15, 0.2) is 0 Å². The van der Waals surface area contributed by atoms with Gasteiger partial charge in [-0.15, -0.1) is 0 Å². The predicted molar refractivity (Wildman–Crippen MR) is 240 cm³/mol. The maximum Gasteiger partial charge on any atom is 0.104 e. The van der Waals surface area contributed by atoms with Gasteiger partial charge in [-0.2, -0.15) is 0 Å². The molecule has 328 valence electrons. The Morgan fingerprint density at radius 3 is 0.855 bits per heavy atom. The van der Waals surface area contributed by atoms with Gasteiger partial charge in [-0.25, -0.2) is 0 Å². The Bertz CT molecular complexity index is 735. The molecule has 0 aliphatic rings. The highest BCUT2D eigenvalue weighted by Crippen LogP contribution is 2.29. The first kappa shape index (κ1) is 54.3. The van der Waals surface area contributed by atoms with Crippen LogP contribution in [0.4, 0.5) is 0 Å². The van der Waals surface area contributed by atoms with Crippen LogP contribution in [0.5, 0.6) is 0 Å². The minimum Gasteiger partial charge on any atom is -0.394 e. The van der Waals surface area contributed by atoms with E-state index in [-0.39, 0.29) is 11.8 Å². The Labute approximate surface area is 344 Å². The number of hydrogen-bond acceptors (Lipinski definition) is 5. The molecule has 0 aromatic rings. The highest BCUT2D eigenvalue weighted by Gasteiger charge is 2.35. The van der Waals surface area contributed by atoms with Gasteiger partial charge in [-0.1, -0.05) is 245 Å². The van der Waals surface area contributed by atoms with Crippen molar-refractivity contribution in [2.24, 2.45) is 11.8 Å². The zero-order chi connectivity index (χ0) is 40.5. The van der Waals surface area contributed by atoms with Crippen LogP contribution in [0.1, 0.15) is 246 Å². The number of ether oxygens (including phenoxy) is 1. The molecule has 55 heavy (non-hydrogen) atoms. The molecule has 5 heteroatoms. The van der Waals surface area contributed by atoms with Crippen molar-refractivity contribution in [3.05, 3.63) is 24.3 Å². The van der Waals surface area contributed by atoms with Crippen LogP contribution in [0.3, 0.4) is 0 Å². The van der Waals surface area contributed by atoms with Gasteiger partial charge in [0.05, 0.1) is 25.4 Å². The summed E-state index contributed by atoms with van der Waals surface area (Å²) in [5.41, 5.74) is 0. The lowest BCUT2D eigenvalue weighted by Gasteiger charge is -2.37. The normalized spacial score (nSPS) is 15.6. The molecule has 0 aliphatic heterocycles. The van der Waals surface area contributed by atoms with Crippen LogP contribution in [-0.4, -0.2) is 58.1 Å². The van der Waals surface area contributed by atoms with Crippen LogP contribution in [0.2, 0.25) is 0 Å². The fourth-order valence-corrected chi connectivity index (χ4v) is 8.11. The third kappa shape index (κ3) is 32.9. The smallest absolute Gasteiger partial charge is 0.104 e. The van der Waals surface area contributed by atoms with Crippen molar-refractivity contribution in [3.8, 4) is 0 Å². The van der Waals surface area contributed by atoms with Gasteiger partial charge in [-0.05, 0) is 25.7 Å². The van der Waals surface area contributed by atoms with Crippen molar-refractivity contribution in [2.75, 3.05) is 13.2 Å². The predicted octanol–water partition coefficient (Wildman–Crippen LogP) is 14.1. The second-order valence-electron chi connectivity index (χ2n) is 17.1. The summed E-state index contributed by atoms with van der Waals surface area (Å²) in [7, 11) is 0. The lowest BCUT2D eigenvalue weighted by Crippen LogP contribution is -2.47. The van der Waals surface area contributed by atoms with Crippen molar-refractivity contribution < 1.29 is 25.2 Å². The Morgan fingerprint density at radius 1 is 0.364 bits per heavy atom. The number of rotatable bonds is 44. The second kappa shape index (κ2) is 42.9. The van der Waals surface area contributed by atoms with Crippen LogP contribution in [0.25, 0.3) is 0 Å². The molecule has 0 aromatic heterocycles. The number of unbranched alkanes of at least 4 members (excludes halogenated alkanes) is 28. The number of aliphatic hydroxyl groups is 4. The Hall–Kier alpha value is -0.720. The average Bonchev–Trinajstić information content (AvgIpc) is 3.20. The standard InChI is InChI=1S/C50H98O5/c1-5-9-13-15-17-19-21-23-25-27-29-31-33-37-41-45(39-35-11-7-3)49(47(53)43-51)55-50(48(54)44-52)46(40-36-12-8-4)42-38-34-32-30-28-26-24-22-20-18-16-14-10-6-2/h35-36,39-40,45-54H,5-34,37-38,41-44H2,1-4H3. The first-order chi connectivity index (χ1) is 27.0. The number of hydrogen-bond donors (Lipinski definition) is 4. The lowest BCUT2D eigenvalue weighted by atomic mass is 9.88. The third-order valence-electron chi connectivity index (χ3n) is 11.8. The minimum atomic E-state index is -1.06. The van der Waals surface area contributed by atoms with Crippen LogP contribution in [0.15, 0.2) is 24.3 Å². The molecule has 0 saturated heterocycles. The van der Waals surface area contributed by atoms with Crippen LogP contribution < -0.4 is 0 Å². The molecule has 0 spiro atoms. The quantitative estimate of drug-likeness (QED) is 0.0365. The average molecular weight is 779 g/mol. The van der Waals surface area contributed by atoms with Gasteiger partial charge in [0.1, 0.15) is 12.2 Å². The summed E-state index contributed by atoms with van der Waals surface area (Å²) in [5.74, 6) is -0.138. The van der Waals surface area contributed by atoms with Crippen LogP contribution >= 0.6 is 0 Å². The maximum atomic E-state index is 11.2. The van der Waals surface area contributed by atoms with E-state index in [0.717, 1.165) is 64.2 Å². The van der Waals surface area contributed by atoms with Gasteiger partial charge in [0.2, 0.25) is 0 Å². The van der Waals surface area contributed by atoms with Gasteiger partial charge in [-0.3, -0.25) is 0 Å². The number of allylic oxidation sites excluding steroid dienone is 2. The molecule has 6 unspecified atom stereocenters. The van der Waals surface area contributed by atoms with Crippen molar-refractivity contribution in [1.29, 1.82) is 0 Å². The molecule has 0 rings (SSSR count). The third-order valence-corrected chi connectivity index (χ3v) is 11.8. The summed E-state index contributed by atoms with van der Waals surface area (Å²) in [4.78, 5) is 0. The molecule has 0 bridgehead atoms. The SMILES string of the molecule is CCCC=CC(CCCCCCCCCCCCCCCC)C(OC(C(O)CO)C(C=CCCC)CCCCCCCCCCCCCCCC)C(O)CO. The largest absolute Gasteiger partial charge is 0.394 e. The molecule has 0 heterocycles. The van der Waals surface area contributed by atoms with Crippen LogP contribution in [0, 0.1) is 11.8 Å². The van der Waals surface area contributed by atoms with E-state index >= 15 is 0 Å². The molecule has 4 N–H and O–H groups in total. The summed E-state index contributed by atoms with van der Waals surface area (Å²) >= 11 is 0. The molecule has 0 amide bonds. The van der Waals surface area contributed by atoms with E-state index < -0.39 is 37.6 Å². The molecular weight excluding hydrogens is 681 g/mol. The summed E-state index contributed by atoms with van der Waals surface area (Å²) in [6.45, 7) is 8.12. The molecule has 0 saturated carbocycles. The Kier molecular flexibility index (Phi) is 42.3. The zero-order valence-corrected chi connectivity index (χ0v) is 37.4. The van der Waals surface area contributed by atoms with E-state index in [0.29, 0.717) is 0 Å². The van der Waals surface area contributed by atoms with Gasteiger partial charge in [0, 0.05) is 11.8 Å². The van der Waals surface area contributed by atoms with E-state index in [1.807, 2.05) is 0 Å². The van der Waals surface area contributed by atoms with E-state index in [1.165, 1.54) is 154 Å². The van der Waals surface area contributed by atoms with Gasteiger partial charge >= 0.3 is 0 Å². The second-order valence-corrected chi connectivity index (χ2v) is 17.1. The molecule has 0 radical (unpaired) electrons. The Morgan fingerprint density at radius 2 is 0.618 bits per heavy atom. The molecule has 0 fully saturated rings. The fraction of sp³-hybridized carbons (Fsp3) is 0.920. The summed E-state index contributed by atoms with van der Waals surface area (Å²) in [6.07, 6.45) is 48.0. The van der Waals surface area contributed by atoms with Gasteiger partial charge in [0.25, 0.3) is 0 Å².